The molecule has 0 bridgehead atoms. The van der Waals surface area contributed by atoms with Crippen LogP contribution in [0.4, 0.5) is 0 Å². The number of nitrogens with zero attached hydrogens (tertiary/aromatic N) is 3. The summed E-state index contributed by atoms with van der Waals surface area (Å²) in [5.74, 6) is 0.573. The molecule has 2 aromatic carbocycles. The maximum absolute atomic E-state index is 13.1. The predicted molar refractivity (Wildman–Crippen MR) is 106 cm³/mol. The van der Waals surface area contributed by atoms with E-state index in [9.17, 15) is 9.59 Å². The van der Waals surface area contributed by atoms with Crippen molar-refractivity contribution in [2.75, 3.05) is 12.5 Å². The van der Waals surface area contributed by atoms with Crippen LogP contribution in [0.15, 0.2) is 77.9 Å². The van der Waals surface area contributed by atoms with E-state index in [1.807, 2.05) is 6.07 Å². The zero-order valence-electron chi connectivity index (χ0n) is 15.0. The van der Waals surface area contributed by atoms with Gasteiger partial charge in [0.1, 0.15) is 5.75 Å². The number of hydrogen-bond donors (Lipinski definition) is 1. The monoisotopic (exact) mass is 372 g/mol. The summed E-state index contributed by atoms with van der Waals surface area (Å²) in [7, 11) is 1.58. The van der Waals surface area contributed by atoms with Crippen molar-refractivity contribution < 1.29 is 9.53 Å². The van der Waals surface area contributed by atoms with Crippen molar-refractivity contribution in [2.24, 2.45) is 0 Å². The topological polar surface area (TPSA) is 86.1 Å². The Balaban J connectivity index is 1.88. The molecular formula is C21H16N4O3. The Bertz CT molecular complexity index is 1200. The first-order valence-electron chi connectivity index (χ1n) is 8.55. The first kappa shape index (κ1) is 17.4. The molecule has 2 heterocycles. The normalized spacial score (nSPS) is 10.6. The highest BCUT2D eigenvalue weighted by Crippen LogP contribution is 2.21. The minimum absolute atomic E-state index is 0.328. The first-order valence-corrected chi connectivity index (χ1v) is 8.55. The van der Waals surface area contributed by atoms with Gasteiger partial charge in [-0.05, 0) is 48.5 Å². The number of benzene rings is 2. The number of ether oxygens (including phenoxy) is 1. The Morgan fingerprint density at radius 2 is 1.71 bits per heavy atom. The smallest absolute Gasteiger partial charge is 0.280 e. The quantitative estimate of drug-likeness (QED) is 0.595. The summed E-state index contributed by atoms with van der Waals surface area (Å²) in [5.41, 5.74) is 3.90. The summed E-state index contributed by atoms with van der Waals surface area (Å²) in [4.78, 5) is 34.2. The number of para-hydroxylation sites is 1. The summed E-state index contributed by atoms with van der Waals surface area (Å²) in [5, 5.41) is 0.412. The molecule has 0 atom stereocenters. The van der Waals surface area contributed by atoms with Crippen molar-refractivity contribution in [1.29, 1.82) is 0 Å². The molecule has 0 radical (unpaired) electrons. The molecular weight excluding hydrogens is 356 g/mol. The average Bonchev–Trinajstić information content (AvgIpc) is 2.76. The number of hydrogen-bond acceptors (Lipinski definition) is 5. The number of pyridine rings is 1. The first-order chi connectivity index (χ1) is 13.7. The number of fused-ring (bicyclic) bond motifs is 1. The molecule has 4 aromatic rings. The van der Waals surface area contributed by atoms with E-state index in [1.165, 1.54) is 17.1 Å². The Hall–Kier alpha value is -4.00. The van der Waals surface area contributed by atoms with Gasteiger partial charge in [-0.1, -0.05) is 12.1 Å². The highest BCUT2D eigenvalue weighted by molar-refractivity contribution is 6.00. The van der Waals surface area contributed by atoms with Gasteiger partial charge >= 0.3 is 0 Å². The molecule has 2 aromatic heterocycles. The third-order valence-corrected chi connectivity index (χ3v) is 4.28. The molecule has 0 fully saturated rings. The molecule has 0 spiro atoms. The second-order valence-electron chi connectivity index (χ2n) is 6.00. The third kappa shape index (κ3) is 3.21. The van der Waals surface area contributed by atoms with Crippen molar-refractivity contribution in [2.45, 2.75) is 0 Å². The summed E-state index contributed by atoms with van der Waals surface area (Å²) in [6.45, 7) is 0. The number of methoxy groups -OCH3 is 1. The van der Waals surface area contributed by atoms with E-state index in [2.05, 4.69) is 15.4 Å². The van der Waals surface area contributed by atoms with Crippen molar-refractivity contribution >= 4 is 16.8 Å². The minimum Gasteiger partial charge on any atom is -0.497 e. The Labute approximate surface area is 160 Å². The minimum atomic E-state index is -0.434. The molecule has 1 amide bonds. The van der Waals surface area contributed by atoms with E-state index in [-0.39, 0.29) is 5.56 Å². The average molecular weight is 372 g/mol. The van der Waals surface area contributed by atoms with Gasteiger partial charge in [0.05, 0.1) is 18.0 Å². The zero-order chi connectivity index (χ0) is 19.5. The summed E-state index contributed by atoms with van der Waals surface area (Å²) in [6, 6.07) is 17.3. The SMILES string of the molecule is COc1ccc(-c2nc3ccccc3c(=O)n2NC(=O)c2ccncc2)cc1. The van der Waals surface area contributed by atoms with Crippen LogP contribution in [0.25, 0.3) is 22.3 Å². The van der Waals surface area contributed by atoms with E-state index >= 15 is 0 Å². The zero-order valence-corrected chi connectivity index (χ0v) is 15.0. The van der Waals surface area contributed by atoms with Crippen LogP contribution in [-0.2, 0) is 0 Å². The summed E-state index contributed by atoms with van der Waals surface area (Å²) >= 11 is 0. The van der Waals surface area contributed by atoms with Gasteiger partial charge in [-0.2, -0.15) is 4.68 Å². The fourth-order valence-corrected chi connectivity index (χ4v) is 2.84. The fourth-order valence-electron chi connectivity index (χ4n) is 2.84. The Morgan fingerprint density at radius 3 is 2.43 bits per heavy atom. The Kier molecular flexibility index (Phi) is 4.55. The van der Waals surface area contributed by atoms with Crippen LogP contribution < -0.4 is 15.7 Å². The lowest BCUT2D eigenvalue weighted by molar-refractivity contribution is 0.101. The number of carbonyl (C=O) groups is 1. The maximum atomic E-state index is 13.1. The largest absolute Gasteiger partial charge is 0.497 e. The molecule has 7 heteroatoms. The van der Waals surface area contributed by atoms with Gasteiger partial charge in [0.2, 0.25) is 0 Å². The van der Waals surface area contributed by atoms with E-state index in [0.29, 0.717) is 33.6 Å². The molecule has 4 rings (SSSR count). The van der Waals surface area contributed by atoms with Crippen molar-refractivity contribution in [1.82, 2.24) is 14.6 Å². The van der Waals surface area contributed by atoms with Gasteiger partial charge < -0.3 is 4.74 Å². The lowest BCUT2D eigenvalue weighted by Crippen LogP contribution is -2.35. The molecule has 7 nitrogen and oxygen atoms in total. The van der Waals surface area contributed by atoms with Gasteiger partial charge in [0, 0.05) is 23.5 Å². The molecule has 28 heavy (non-hydrogen) atoms. The molecule has 1 N–H and O–H groups in total. The molecule has 138 valence electrons. The van der Waals surface area contributed by atoms with Crippen LogP contribution in [-0.4, -0.2) is 27.7 Å². The van der Waals surface area contributed by atoms with Crippen LogP contribution in [0, 0.1) is 0 Å². The van der Waals surface area contributed by atoms with Gasteiger partial charge in [-0.15, -0.1) is 0 Å². The fraction of sp³-hybridized carbons (Fsp3) is 0.0476. The highest BCUT2D eigenvalue weighted by atomic mass is 16.5. The van der Waals surface area contributed by atoms with E-state index in [1.54, 1.807) is 61.7 Å². The van der Waals surface area contributed by atoms with Crippen LogP contribution in [0.5, 0.6) is 5.75 Å². The number of rotatable bonds is 4. The molecule has 0 aliphatic heterocycles. The maximum Gasteiger partial charge on any atom is 0.280 e. The van der Waals surface area contributed by atoms with Gasteiger partial charge in [0.25, 0.3) is 11.5 Å². The van der Waals surface area contributed by atoms with Gasteiger partial charge in [0.15, 0.2) is 5.82 Å². The van der Waals surface area contributed by atoms with Gasteiger partial charge in [-0.3, -0.25) is 20.0 Å². The van der Waals surface area contributed by atoms with Crippen LogP contribution in [0.1, 0.15) is 10.4 Å². The third-order valence-electron chi connectivity index (χ3n) is 4.28. The number of nitrogens with one attached hydrogen (secondary N) is 1. The summed E-state index contributed by atoms with van der Waals surface area (Å²) < 4.78 is 6.36. The lowest BCUT2D eigenvalue weighted by atomic mass is 10.2. The van der Waals surface area contributed by atoms with E-state index in [4.69, 9.17) is 4.74 Å². The van der Waals surface area contributed by atoms with Crippen molar-refractivity contribution in [3.05, 3.63) is 89.0 Å². The van der Waals surface area contributed by atoms with E-state index in [0.717, 1.165) is 0 Å². The van der Waals surface area contributed by atoms with Crippen molar-refractivity contribution in [3.63, 3.8) is 0 Å². The highest BCUT2D eigenvalue weighted by Gasteiger charge is 2.16. The van der Waals surface area contributed by atoms with Crippen LogP contribution in [0.2, 0.25) is 0 Å². The summed E-state index contributed by atoms with van der Waals surface area (Å²) in [6.07, 6.45) is 3.03. The van der Waals surface area contributed by atoms with Gasteiger partial charge in [-0.25, -0.2) is 4.98 Å². The second kappa shape index (κ2) is 7.32. The second-order valence-corrected chi connectivity index (χ2v) is 6.00. The Morgan fingerprint density at radius 1 is 1.00 bits per heavy atom. The molecule has 0 aliphatic carbocycles. The van der Waals surface area contributed by atoms with E-state index < -0.39 is 5.91 Å². The molecule has 0 aliphatic rings. The number of carbonyl (C=O) groups excluding carboxylic acids is 1. The number of aromatic nitrogens is 3. The van der Waals surface area contributed by atoms with Crippen LogP contribution >= 0.6 is 0 Å². The number of amides is 1. The lowest BCUT2D eigenvalue weighted by Gasteiger charge is -2.15. The van der Waals surface area contributed by atoms with Crippen molar-refractivity contribution in [3.8, 4) is 17.1 Å². The molecule has 0 saturated carbocycles. The standard InChI is InChI=1S/C21H16N4O3/c1-28-16-8-6-14(7-9-16)19-23-18-5-3-2-4-17(18)21(27)25(19)24-20(26)15-10-12-22-13-11-15/h2-13H,1H3,(H,24,26). The molecule has 0 unspecified atom stereocenters. The molecule has 0 saturated heterocycles. The predicted octanol–water partition coefficient (Wildman–Crippen LogP) is 2.85. The van der Waals surface area contributed by atoms with Crippen LogP contribution in [0.3, 0.4) is 0 Å².